The zero-order valence-electron chi connectivity index (χ0n) is 13.4. The normalized spacial score (nSPS) is 10.6. The number of aryl methyl sites for hydroxylation is 1. The molecule has 1 aromatic heterocycles. The average Bonchev–Trinajstić information content (AvgIpc) is 2.65. The Hall–Kier alpha value is -3.12. The highest BCUT2D eigenvalue weighted by Gasteiger charge is 2.09. The minimum absolute atomic E-state index is 0.00301. The maximum Gasteiger partial charge on any atom is 0.339 e. The second-order valence-corrected chi connectivity index (χ2v) is 5.57. The fourth-order valence-corrected chi connectivity index (χ4v) is 2.45. The van der Waals surface area contributed by atoms with E-state index in [9.17, 15) is 9.59 Å². The molecule has 0 unspecified atom stereocenters. The number of nitrogens with one attached hydrogen (secondary N) is 1. The van der Waals surface area contributed by atoms with Crippen molar-refractivity contribution in [1.82, 2.24) is 5.48 Å². The first-order valence-electron chi connectivity index (χ1n) is 7.82. The minimum Gasteiger partial charge on any atom is -0.489 e. The second kappa shape index (κ2) is 7.63. The fraction of sp³-hybridized carbons (Fsp3) is 0.158. The molecule has 0 aliphatic heterocycles. The minimum atomic E-state index is -0.556. The number of ether oxygens (including phenoxy) is 1. The number of carbonyl (C=O) groups is 1. The van der Waals surface area contributed by atoms with Crippen molar-refractivity contribution >= 4 is 16.9 Å². The van der Waals surface area contributed by atoms with E-state index in [0.717, 1.165) is 5.56 Å². The molecule has 0 atom stereocenters. The van der Waals surface area contributed by atoms with Crippen LogP contribution in [0.15, 0.2) is 63.8 Å². The summed E-state index contributed by atoms with van der Waals surface area (Å²) in [5.74, 6) is 0.101. The van der Waals surface area contributed by atoms with Gasteiger partial charge >= 0.3 is 5.63 Å². The number of hydrogen-bond donors (Lipinski definition) is 2. The summed E-state index contributed by atoms with van der Waals surface area (Å²) in [5.41, 5.74) is 2.93. The lowest BCUT2D eigenvalue weighted by molar-refractivity contribution is -0.129. The summed E-state index contributed by atoms with van der Waals surface area (Å²) >= 11 is 0. The van der Waals surface area contributed by atoms with Gasteiger partial charge in [-0.2, -0.15) is 0 Å². The molecule has 25 heavy (non-hydrogen) atoms. The molecule has 6 nitrogen and oxygen atoms in total. The Kier molecular flexibility index (Phi) is 5.11. The molecule has 0 bridgehead atoms. The van der Waals surface area contributed by atoms with Crippen molar-refractivity contribution in [1.29, 1.82) is 0 Å². The van der Waals surface area contributed by atoms with E-state index < -0.39 is 11.5 Å². The smallest absolute Gasteiger partial charge is 0.339 e. The lowest BCUT2D eigenvalue weighted by atomic mass is 10.1. The number of carbonyl (C=O) groups excluding carboxylic acids is 1. The van der Waals surface area contributed by atoms with Gasteiger partial charge in [0.05, 0.1) is 0 Å². The Morgan fingerprint density at radius 2 is 1.92 bits per heavy atom. The number of hydroxylamine groups is 1. The Morgan fingerprint density at radius 3 is 2.68 bits per heavy atom. The van der Waals surface area contributed by atoms with Crippen molar-refractivity contribution in [2.75, 3.05) is 0 Å². The van der Waals surface area contributed by atoms with Crippen molar-refractivity contribution in [2.45, 2.75) is 19.4 Å². The predicted molar refractivity (Wildman–Crippen MR) is 91.5 cm³/mol. The molecule has 0 saturated carbocycles. The second-order valence-electron chi connectivity index (χ2n) is 5.57. The van der Waals surface area contributed by atoms with Crippen molar-refractivity contribution in [2.24, 2.45) is 0 Å². The molecule has 0 radical (unpaired) electrons. The van der Waals surface area contributed by atoms with Crippen LogP contribution in [0.2, 0.25) is 0 Å². The molecule has 3 aromatic rings. The number of benzene rings is 2. The summed E-state index contributed by atoms with van der Waals surface area (Å²) in [6.07, 6.45) is 0.177. The van der Waals surface area contributed by atoms with Gasteiger partial charge in [-0.15, -0.1) is 0 Å². The van der Waals surface area contributed by atoms with Gasteiger partial charge in [-0.1, -0.05) is 30.3 Å². The molecular formula is C19H17NO5. The molecule has 0 aliphatic rings. The van der Waals surface area contributed by atoms with Gasteiger partial charge in [0, 0.05) is 17.4 Å². The SMILES string of the molecule is O=C(CCc1cc2cc(OCc3ccccc3)ccc2oc1=O)NO. The van der Waals surface area contributed by atoms with Crippen LogP contribution < -0.4 is 15.8 Å². The lowest BCUT2D eigenvalue weighted by Gasteiger charge is -2.08. The third-order valence-corrected chi connectivity index (χ3v) is 3.77. The van der Waals surface area contributed by atoms with Gasteiger partial charge in [-0.25, -0.2) is 10.3 Å². The molecule has 0 aliphatic carbocycles. The quantitative estimate of drug-likeness (QED) is 0.409. The monoisotopic (exact) mass is 339 g/mol. The molecule has 1 amide bonds. The van der Waals surface area contributed by atoms with Crippen LogP contribution in [0.4, 0.5) is 0 Å². The molecule has 1 heterocycles. The Labute approximate surface area is 143 Å². The van der Waals surface area contributed by atoms with Gasteiger partial charge in [0.1, 0.15) is 17.9 Å². The van der Waals surface area contributed by atoms with E-state index in [4.69, 9.17) is 14.4 Å². The fourth-order valence-electron chi connectivity index (χ4n) is 2.45. The Morgan fingerprint density at radius 1 is 1.12 bits per heavy atom. The topological polar surface area (TPSA) is 88.8 Å². The maximum absolute atomic E-state index is 11.9. The number of amides is 1. The predicted octanol–water partition coefficient (Wildman–Crippen LogP) is 2.81. The third kappa shape index (κ3) is 4.24. The Bertz CT molecular complexity index is 933. The molecule has 2 N–H and O–H groups in total. The number of fused-ring (bicyclic) bond motifs is 1. The van der Waals surface area contributed by atoms with E-state index in [1.165, 1.54) is 0 Å². The molecular weight excluding hydrogens is 322 g/mol. The first-order valence-corrected chi connectivity index (χ1v) is 7.82. The Balaban J connectivity index is 1.79. The summed E-state index contributed by atoms with van der Waals surface area (Å²) in [6.45, 7) is 0.437. The maximum atomic E-state index is 11.9. The highest BCUT2D eigenvalue weighted by atomic mass is 16.5. The largest absolute Gasteiger partial charge is 0.489 e. The van der Waals surface area contributed by atoms with Gasteiger partial charge in [-0.3, -0.25) is 10.0 Å². The van der Waals surface area contributed by atoms with E-state index in [1.54, 1.807) is 29.7 Å². The average molecular weight is 339 g/mol. The number of rotatable bonds is 6. The van der Waals surface area contributed by atoms with Crippen molar-refractivity contribution in [3.63, 3.8) is 0 Å². The van der Waals surface area contributed by atoms with Crippen molar-refractivity contribution in [3.8, 4) is 5.75 Å². The van der Waals surface area contributed by atoms with Gasteiger partial charge in [-0.05, 0) is 36.2 Å². The first-order chi connectivity index (χ1) is 12.2. The molecule has 0 spiro atoms. The van der Waals surface area contributed by atoms with Crippen LogP contribution in [0.25, 0.3) is 11.0 Å². The highest BCUT2D eigenvalue weighted by molar-refractivity contribution is 5.79. The summed E-state index contributed by atoms with van der Waals surface area (Å²) in [5, 5.41) is 9.24. The molecule has 0 saturated heterocycles. The van der Waals surface area contributed by atoms with Crippen LogP contribution in [0.5, 0.6) is 5.75 Å². The summed E-state index contributed by atoms with van der Waals surface area (Å²) in [6, 6.07) is 16.7. The summed E-state index contributed by atoms with van der Waals surface area (Å²) in [4.78, 5) is 23.1. The first kappa shape index (κ1) is 16.7. The lowest BCUT2D eigenvalue weighted by Crippen LogP contribution is -2.20. The van der Waals surface area contributed by atoms with Crippen LogP contribution in [-0.2, 0) is 17.8 Å². The zero-order valence-corrected chi connectivity index (χ0v) is 13.4. The van der Waals surface area contributed by atoms with Crippen molar-refractivity contribution < 1.29 is 19.2 Å². The van der Waals surface area contributed by atoms with Gasteiger partial charge in [0.15, 0.2) is 0 Å². The van der Waals surface area contributed by atoms with E-state index in [0.29, 0.717) is 28.9 Å². The van der Waals surface area contributed by atoms with Crippen LogP contribution in [0, 0.1) is 0 Å². The molecule has 0 fully saturated rings. The van der Waals surface area contributed by atoms with E-state index in [-0.39, 0.29) is 12.8 Å². The van der Waals surface area contributed by atoms with Crippen LogP contribution in [-0.4, -0.2) is 11.1 Å². The van der Waals surface area contributed by atoms with Crippen molar-refractivity contribution in [3.05, 3.63) is 76.1 Å². The van der Waals surface area contributed by atoms with Gasteiger partial charge < -0.3 is 9.15 Å². The standard InChI is InChI=1S/C19H17NO5/c21-18(20-23)9-6-14-10-15-11-16(7-8-17(15)25-19(14)22)24-12-13-4-2-1-3-5-13/h1-5,7-8,10-11,23H,6,9,12H2,(H,20,21). The van der Waals surface area contributed by atoms with Gasteiger partial charge in [0.2, 0.25) is 5.91 Å². The molecule has 3 rings (SSSR count). The molecule has 2 aromatic carbocycles. The number of hydrogen-bond acceptors (Lipinski definition) is 5. The molecule has 6 heteroatoms. The van der Waals surface area contributed by atoms with E-state index in [1.807, 2.05) is 30.3 Å². The van der Waals surface area contributed by atoms with Crippen LogP contribution in [0.3, 0.4) is 0 Å². The third-order valence-electron chi connectivity index (χ3n) is 3.77. The van der Waals surface area contributed by atoms with Crippen LogP contribution in [0.1, 0.15) is 17.5 Å². The molecule has 128 valence electrons. The zero-order chi connectivity index (χ0) is 17.6. The summed E-state index contributed by atoms with van der Waals surface area (Å²) < 4.78 is 11.0. The van der Waals surface area contributed by atoms with E-state index in [2.05, 4.69) is 0 Å². The van der Waals surface area contributed by atoms with Gasteiger partial charge in [0.25, 0.3) is 0 Å². The summed E-state index contributed by atoms with van der Waals surface area (Å²) in [7, 11) is 0. The highest BCUT2D eigenvalue weighted by Crippen LogP contribution is 2.22. The van der Waals surface area contributed by atoms with Crippen LogP contribution >= 0.6 is 0 Å². The van der Waals surface area contributed by atoms with E-state index >= 15 is 0 Å².